The number of nitrogens with one attached hydrogen (secondary N) is 2. The predicted octanol–water partition coefficient (Wildman–Crippen LogP) is 3.36. The maximum absolute atomic E-state index is 15.0. The number of cyclic esters (lactones) is 1. The molecule has 0 saturated heterocycles. The van der Waals surface area contributed by atoms with Gasteiger partial charge in [-0.2, -0.15) is 0 Å². The zero-order valence-electron chi connectivity index (χ0n) is 16.6. The van der Waals surface area contributed by atoms with E-state index in [1.165, 1.54) is 6.07 Å². The Bertz CT molecular complexity index is 1030. The van der Waals surface area contributed by atoms with Crippen LogP contribution in [0.2, 0.25) is 0 Å². The molecule has 2 N–H and O–H groups in total. The number of ether oxygens (including phenoxy) is 1. The summed E-state index contributed by atoms with van der Waals surface area (Å²) in [6.45, 7) is 9.09. The lowest BCUT2D eigenvalue weighted by molar-refractivity contribution is 0.0625. The Kier molecular flexibility index (Phi) is 3.89. The molecule has 0 spiro atoms. The van der Waals surface area contributed by atoms with Crippen molar-refractivity contribution in [2.45, 2.75) is 62.3 Å². The van der Waals surface area contributed by atoms with E-state index in [1.807, 2.05) is 0 Å². The number of halogens is 1. The molecule has 4 rings (SSSR count). The van der Waals surface area contributed by atoms with Crippen LogP contribution in [-0.2, 0) is 20.0 Å². The molecule has 0 aromatic heterocycles. The molecule has 9 heteroatoms. The Labute approximate surface area is 164 Å². The quantitative estimate of drug-likeness (QED) is 0.689. The largest absolute Gasteiger partial charge is 0.423 e. The van der Waals surface area contributed by atoms with E-state index >= 15 is 0 Å². The van der Waals surface area contributed by atoms with Crippen LogP contribution in [0.4, 0.5) is 14.9 Å². The summed E-state index contributed by atoms with van der Waals surface area (Å²) in [4.78, 5) is 17.4. The molecule has 1 aromatic carbocycles. The number of nitrogens with zero attached hydrogens (tertiary/aromatic N) is 2. The van der Waals surface area contributed by atoms with Crippen molar-refractivity contribution in [2.75, 3.05) is 11.9 Å². The molecule has 1 amide bonds. The molecule has 0 radical (unpaired) electrons. The Morgan fingerprint density at radius 3 is 2.68 bits per heavy atom. The monoisotopic (exact) mass is 408 g/mol. The van der Waals surface area contributed by atoms with Gasteiger partial charge in [-0.05, 0) is 59.2 Å². The first kappa shape index (κ1) is 19.2. The first-order valence-corrected chi connectivity index (χ1v) is 10.9. The van der Waals surface area contributed by atoms with E-state index < -0.39 is 42.9 Å². The first-order chi connectivity index (χ1) is 12.9. The van der Waals surface area contributed by atoms with Crippen LogP contribution in [0.15, 0.2) is 27.6 Å². The van der Waals surface area contributed by atoms with Crippen molar-refractivity contribution in [3.05, 3.63) is 29.6 Å². The second-order valence-electron chi connectivity index (χ2n) is 8.66. The standard InChI is InChI=1S/C19H25FN4O3S/c1-17(2)15-22-16(25)27-18(3,4)23-11-6-7-13(20)12(10-11)19(5,24-15)14-8-9-21-28(14,17)26/h6-7,10,14,23H,8-9H2,1-5H3,(H,22,24,25)/t14?,19-,28?/m1/s1. The summed E-state index contributed by atoms with van der Waals surface area (Å²) in [6.07, 6.45) is -0.177. The van der Waals surface area contributed by atoms with E-state index in [9.17, 15) is 13.4 Å². The third-order valence-corrected chi connectivity index (χ3v) is 9.55. The average Bonchev–Trinajstić information content (AvgIpc) is 2.98. The van der Waals surface area contributed by atoms with Gasteiger partial charge in [0.15, 0.2) is 5.72 Å². The molecular weight excluding hydrogens is 383 g/mol. The molecular formula is C19H25FN4O3S. The maximum atomic E-state index is 15.0. The minimum atomic E-state index is -2.83. The lowest BCUT2D eigenvalue weighted by Gasteiger charge is -2.45. The van der Waals surface area contributed by atoms with Gasteiger partial charge in [0.05, 0.1) is 15.0 Å². The van der Waals surface area contributed by atoms with Crippen LogP contribution in [0.5, 0.6) is 0 Å². The summed E-state index contributed by atoms with van der Waals surface area (Å²) in [5.74, 6) is -0.233. The van der Waals surface area contributed by atoms with Crippen LogP contribution in [0.1, 0.15) is 46.6 Å². The number of aliphatic imine (C=N–C) groups is 1. The molecule has 0 fully saturated rings. The number of fused-ring (bicyclic) bond motifs is 6. The summed E-state index contributed by atoms with van der Waals surface area (Å²) in [5, 5.41) is 5.31. The Morgan fingerprint density at radius 2 is 1.96 bits per heavy atom. The molecule has 2 unspecified atom stereocenters. The van der Waals surface area contributed by atoms with E-state index in [0.717, 1.165) is 0 Å². The Morgan fingerprint density at radius 1 is 1.25 bits per heavy atom. The highest BCUT2D eigenvalue weighted by Crippen LogP contribution is 2.48. The molecule has 152 valence electrons. The molecule has 3 aliphatic heterocycles. The van der Waals surface area contributed by atoms with Gasteiger partial charge in [0.1, 0.15) is 21.9 Å². The number of rotatable bonds is 0. The van der Waals surface area contributed by atoms with Crippen molar-refractivity contribution in [1.29, 1.82) is 0 Å². The van der Waals surface area contributed by atoms with Crippen molar-refractivity contribution in [3.63, 3.8) is 0 Å². The van der Waals surface area contributed by atoms with Gasteiger partial charge in [0.2, 0.25) is 0 Å². The second kappa shape index (κ2) is 5.68. The number of carbonyl (C=O) groups is 1. The van der Waals surface area contributed by atoms with E-state index in [4.69, 9.17) is 9.73 Å². The van der Waals surface area contributed by atoms with Crippen molar-refractivity contribution in [3.8, 4) is 0 Å². The van der Waals surface area contributed by atoms with Gasteiger partial charge < -0.3 is 10.1 Å². The lowest BCUT2D eigenvalue weighted by Crippen LogP contribution is -2.60. The lowest BCUT2D eigenvalue weighted by atomic mass is 9.85. The zero-order valence-corrected chi connectivity index (χ0v) is 17.4. The van der Waals surface area contributed by atoms with E-state index in [-0.39, 0.29) is 5.84 Å². The highest BCUT2D eigenvalue weighted by Gasteiger charge is 2.58. The maximum Gasteiger partial charge on any atom is 0.414 e. The number of hydrogen-bond acceptors (Lipinski definition) is 6. The van der Waals surface area contributed by atoms with E-state index in [0.29, 0.717) is 24.2 Å². The summed E-state index contributed by atoms with van der Waals surface area (Å²) in [5.41, 5.74) is -1.27. The van der Waals surface area contributed by atoms with Gasteiger partial charge in [0, 0.05) is 17.8 Å². The highest BCUT2D eigenvalue weighted by atomic mass is 32.2. The fraction of sp³-hybridized carbons (Fsp3) is 0.579. The number of hydrogen-bond donors (Lipinski definition) is 2. The molecule has 3 aliphatic rings. The second-order valence-corrected chi connectivity index (χ2v) is 11.6. The summed E-state index contributed by atoms with van der Waals surface area (Å²) >= 11 is 0. The number of benzene rings is 1. The Hall–Kier alpha value is -2.16. The third-order valence-electron chi connectivity index (χ3n) is 5.86. The van der Waals surface area contributed by atoms with Crippen LogP contribution in [0.25, 0.3) is 0 Å². The van der Waals surface area contributed by atoms with Crippen LogP contribution < -0.4 is 10.6 Å². The topological polar surface area (TPSA) is 92.1 Å². The number of carbonyl (C=O) groups excluding carboxylic acids is 1. The number of anilines is 1. The van der Waals surface area contributed by atoms with Crippen LogP contribution in [0, 0.1) is 5.82 Å². The SMILES string of the molecule is CC1(C)Nc2ccc(F)c(c2)[C@@]2(C)N=C(NC(=O)O1)C(C)(C)S1(=O)=NCCC21. The fourth-order valence-corrected chi connectivity index (χ4v) is 7.56. The van der Waals surface area contributed by atoms with Crippen molar-refractivity contribution < 1.29 is 18.1 Å². The first-order valence-electron chi connectivity index (χ1n) is 9.29. The molecule has 0 saturated carbocycles. The third kappa shape index (κ3) is 2.55. The summed E-state index contributed by atoms with van der Waals surface area (Å²) < 4.78 is 38.0. The molecule has 7 nitrogen and oxygen atoms in total. The van der Waals surface area contributed by atoms with Crippen molar-refractivity contribution >= 4 is 27.3 Å². The van der Waals surface area contributed by atoms with Crippen LogP contribution in [-0.4, -0.2) is 38.4 Å². The molecule has 28 heavy (non-hydrogen) atoms. The minimum absolute atomic E-state index is 0.203. The molecule has 0 aliphatic carbocycles. The molecule has 1 aromatic rings. The van der Waals surface area contributed by atoms with Gasteiger partial charge in [0.25, 0.3) is 0 Å². The van der Waals surface area contributed by atoms with Gasteiger partial charge in [-0.3, -0.25) is 10.3 Å². The fourth-order valence-electron chi connectivity index (χ4n) is 4.37. The minimum Gasteiger partial charge on any atom is -0.423 e. The van der Waals surface area contributed by atoms with E-state index in [2.05, 4.69) is 15.0 Å². The number of alkyl carbamates (subject to hydrolysis) is 1. The van der Waals surface area contributed by atoms with Gasteiger partial charge >= 0.3 is 6.09 Å². The van der Waals surface area contributed by atoms with Crippen molar-refractivity contribution in [2.24, 2.45) is 9.36 Å². The average molecular weight is 408 g/mol. The highest BCUT2D eigenvalue weighted by molar-refractivity contribution is 7.96. The number of amides is 1. The molecule has 3 atom stereocenters. The van der Waals surface area contributed by atoms with Gasteiger partial charge in [-0.15, -0.1) is 0 Å². The molecule has 3 heterocycles. The predicted molar refractivity (Wildman–Crippen MR) is 106 cm³/mol. The van der Waals surface area contributed by atoms with Crippen LogP contribution in [0.3, 0.4) is 0 Å². The van der Waals surface area contributed by atoms with Crippen LogP contribution >= 0.6 is 0 Å². The summed E-state index contributed by atoms with van der Waals surface area (Å²) in [7, 11) is -2.83. The van der Waals surface area contributed by atoms with Gasteiger partial charge in [-0.1, -0.05) is 0 Å². The normalized spacial score (nSPS) is 35.1. The zero-order chi connectivity index (χ0) is 20.5. The summed E-state index contributed by atoms with van der Waals surface area (Å²) in [6, 6.07) is 4.60. The Balaban J connectivity index is 2.04. The van der Waals surface area contributed by atoms with Crippen molar-refractivity contribution in [1.82, 2.24) is 5.32 Å². The van der Waals surface area contributed by atoms with E-state index in [1.54, 1.807) is 46.8 Å². The smallest absolute Gasteiger partial charge is 0.414 e. The van der Waals surface area contributed by atoms with Gasteiger partial charge in [-0.25, -0.2) is 17.8 Å². The molecule has 4 bridgehead atoms. The number of amidine groups is 1.